The molecule has 0 spiro atoms. The number of carboxylic acids is 2. The summed E-state index contributed by atoms with van der Waals surface area (Å²) < 4.78 is 10.2. The van der Waals surface area contributed by atoms with Crippen molar-refractivity contribution in [1.29, 1.82) is 0 Å². The molecular formula is C4H7O6P. The minimum Gasteiger partial charge on any atom is -0.481 e. The molecule has 0 radical (unpaired) electrons. The summed E-state index contributed by atoms with van der Waals surface area (Å²) in [6.07, 6.45) is -0.816. The van der Waals surface area contributed by atoms with Crippen molar-refractivity contribution in [2.75, 3.05) is 0 Å². The van der Waals surface area contributed by atoms with Crippen LogP contribution in [0.15, 0.2) is 0 Å². The molecule has 64 valence electrons. The Morgan fingerprint density at radius 2 is 1.82 bits per heavy atom. The average molecular weight is 182 g/mol. The number of hydrogen-bond acceptors (Lipinski definition) is 3. The molecule has 0 bridgehead atoms. The van der Waals surface area contributed by atoms with Crippen LogP contribution in [0.3, 0.4) is 0 Å². The van der Waals surface area contributed by atoms with Gasteiger partial charge in [-0.3, -0.25) is 14.2 Å². The summed E-state index contributed by atoms with van der Waals surface area (Å²) in [4.78, 5) is 28.3. The third-order valence-corrected chi connectivity index (χ3v) is 2.02. The van der Waals surface area contributed by atoms with Crippen molar-refractivity contribution in [2.24, 2.45) is 0 Å². The van der Waals surface area contributed by atoms with Crippen molar-refractivity contribution >= 4 is 20.0 Å². The van der Waals surface area contributed by atoms with E-state index in [1.807, 2.05) is 0 Å². The van der Waals surface area contributed by atoms with Gasteiger partial charge in [-0.05, 0) is 0 Å². The normalized spacial score (nSPS) is 15.4. The van der Waals surface area contributed by atoms with E-state index in [-0.39, 0.29) is 0 Å². The Hall–Kier alpha value is -0.870. The van der Waals surface area contributed by atoms with Crippen LogP contribution < -0.4 is 0 Å². The number of carboxylic acid groups (broad SMARTS) is 2. The molecule has 0 heterocycles. The van der Waals surface area contributed by atoms with Gasteiger partial charge in [0.25, 0.3) is 0 Å². The summed E-state index contributed by atoms with van der Waals surface area (Å²) >= 11 is 0. The molecule has 0 aliphatic heterocycles. The molecule has 0 aliphatic rings. The molecule has 2 unspecified atom stereocenters. The first kappa shape index (κ1) is 10.1. The third-order valence-electron chi connectivity index (χ3n) is 0.975. The second kappa shape index (κ2) is 4.10. The first-order valence-electron chi connectivity index (χ1n) is 2.62. The number of rotatable bonds is 4. The van der Waals surface area contributed by atoms with Crippen LogP contribution >= 0.6 is 8.03 Å². The topological polar surface area (TPSA) is 112 Å². The molecule has 11 heavy (non-hydrogen) atoms. The fourth-order valence-corrected chi connectivity index (χ4v) is 1.02. The quantitative estimate of drug-likeness (QED) is 0.499. The smallest absolute Gasteiger partial charge is 0.316 e. The summed E-state index contributed by atoms with van der Waals surface area (Å²) in [5, 5.41) is 16.3. The molecule has 3 N–H and O–H groups in total. The fraction of sp³-hybridized carbons (Fsp3) is 0.500. The van der Waals surface area contributed by atoms with Crippen molar-refractivity contribution in [3.05, 3.63) is 0 Å². The summed E-state index contributed by atoms with van der Waals surface area (Å²) in [6.45, 7) is 0. The van der Waals surface area contributed by atoms with Gasteiger partial charge in [0.05, 0.1) is 6.42 Å². The predicted molar refractivity (Wildman–Crippen MR) is 34.9 cm³/mol. The van der Waals surface area contributed by atoms with E-state index in [4.69, 9.17) is 15.1 Å². The van der Waals surface area contributed by atoms with Gasteiger partial charge in [0, 0.05) is 0 Å². The van der Waals surface area contributed by atoms with Crippen molar-refractivity contribution in [1.82, 2.24) is 0 Å². The Morgan fingerprint density at radius 3 is 1.91 bits per heavy atom. The van der Waals surface area contributed by atoms with Crippen LogP contribution in [-0.4, -0.2) is 32.7 Å². The van der Waals surface area contributed by atoms with Gasteiger partial charge in [-0.2, -0.15) is 0 Å². The first-order chi connectivity index (χ1) is 4.95. The van der Waals surface area contributed by atoms with E-state index in [9.17, 15) is 14.2 Å². The second-order valence-electron chi connectivity index (χ2n) is 1.83. The highest BCUT2D eigenvalue weighted by Crippen LogP contribution is 2.25. The molecular weight excluding hydrogens is 175 g/mol. The zero-order valence-corrected chi connectivity index (χ0v) is 6.35. The molecule has 0 saturated heterocycles. The average Bonchev–Trinajstić information content (AvgIpc) is 1.81. The Labute approximate surface area is 62.3 Å². The van der Waals surface area contributed by atoms with Gasteiger partial charge in [0.1, 0.15) is 5.66 Å². The van der Waals surface area contributed by atoms with Gasteiger partial charge >= 0.3 is 11.9 Å². The van der Waals surface area contributed by atoms with Gasteiger partial charge in [-0.1, -0.05) is 0 Å². The minimum absolute atomic E-state index is 0.816. The van der Waals surface area contributed by atoms with Crippen LogP contribution in [-0.2, 0) is 14.2 Å². The zero-order chi connectivity index (χ0) is 9.02. The molecule has 0 fully saturated rings. The maximum atomic E-state index is 10.2. The summed E-state index contributed by atoms with van der Waals surface area (Å²) in [5.74, 6) is -2.96. The standard InChI is InChI=1S/C4H7O6P/c5-3(6)1-2(4(7)8)11(9)10/h2,11H,1H2,(H,5,6)(H,7,8)(H,9,10). The summed E-state index contributed by atoms with van der Waals surface area (Å²) in [5.41, 5.74) is -1.67. The van der Waals surface area contributed by atoms with Gasteiger partial charge in [0.15, 0.2) is 0 Å². The van der Waals surface area contributed by atoms with Crippen molar-refractivity contribution < 1.29 is 29.3 Å². The minimum atomic E-state index is -3.30. The van der Waals surface area contributed by atoms with Crippen molar-refractivity contribution in [3.8, 4) is 0 Å². The van der Waals surface area contributed by atoms with Gasteiger partial charge in [-0.25, -0.2) is 0 Å². The lowest BCUT2D eigenvalue weighted by atomic mass is 10.3. The lowest BCUT2D eigenvalue weighted by molar-refractivity contribution is -0.143. The van der Waals surface area contributed by atoms with Crippen LogP contribution in [0, 0.1) is 0 Å². The maximum Gasteiger partial charge on any atom is 0.316 e. The van der Waals surface area contributed by atoms with E-state index in [2.05, 4.69) is 0 Å². The SMILES string of the molecule is O=C(O)CC(C(=O)O)[PH](=O)O. The van der Waals surface area contributed by atoms with E-state index in [0.29, 0.717) is 0 Å². The number of hydrogen-bond donors (Lipinski definition) is 3. The van der Waals surface area contributed by atoms with E-state index < -0.39 is 32.0 Å². The molecule has 0 aromatic heterocycles. The predicted octanol–water partition coefficient (Wildman–Crippen LogP) is -0.619. The zero-order valence-electron chi connectivity index (χ0n) is 5.35. The fourth-order valence-electron chi connectivity index (χ4n) is 0.455. The van der Waals surface area contributed by atoms with Gasteiger partial charge in [-0.15, -0.1) is 0 Å². The highest BCUT2D eigenvalue weighted by molar-refractivity contribution is 7.40. The van der Waals surface area contributed by atoms with E-state index in [1.54, 1.807) is 0 Å². The molecule has 0 aliphatic carbocycles. The lowest BCUT2D eigenvalue weighted by Gasteiger charge is -2.03. The molecule has 0 saturated carbocycles. The highest BCUT2D eigenvalue weighted by Gasteiger charge is 2.25. The van der Waals surface area contributed by atoms with Crippen LogP contribution in [0.2, 0.25) is 0 Å². The third kappa shape index (κ3) is 3.75. The molecule has 2 atom stereocenters. The van der Waals surface area contributed by atoms with Crippen LogP contribution in [0.25, 0.3) is 0 Å². The molecule has 0 aromatic rings. The maximum absolute atomic E-state index is 10.2. The Kier molecular flexibility index (Phi) is 3.78. The highest BCUT2D eigenvalue weighted by atomic mass is 31.1. The van der Waals surface area contributed by atoms with Crippen LogP contribution in [0.4, 0.5) is 0 Å². The van der Waals surface area contributed by atoms with E-state index >= 15 is 0 Å². The summed E-state index contributed by atoms with van der Waals surface area (Å²) in [7, 11) is -3.30. The number of aliphatic carboxylic acids is 2. The Balaban J connectivity index is 4.23. The number of carbonyl (C=O) groups is 2. The van der Waals surface area contributed by atoms with E-state index in [1.165, 1.54) is 0 Å². The van der Waals surface area contributed by atoms with Crippen LogP contribution in [0.5, 0.6) is 0 Å². The lowest BCUT2D eigenvalue weighted by Crippen LogP contribution is -2.19. The van der Waals surface area contributed by atoms with Crippen molar-refractivity contribution in [3.63, 3.8) is 0 Å². The molecule has 0 aromatic carbocycles. The Morgan fingerprint density at radius 1 is 1.36 bits per heavy atom. The van der Waals surface area contributed by atoms with E-state index in [0.717, 1.165) is 0 Å². The molecule has 7 heteroatoms. The second-order valence-corrected chi connectivity index (χ2v) is 3.20. The summed E-state index contributed by atoms with van der Waals surface area (Å²) in [6, 6.07) is 0. The van der Waals surface area contributed by atoms with Gasteiger partial charge < -0.3 is 15.1 Å². The molecule has 0 rings (SSSR count). The molecule has 0 amide bonds. The Bertz CT molecular complexity index is 185. The van der Waals surface area contributed by atoms with Crippen LogP contribution in [0.1, 0.15) is 6.42 Å². The van der Waals surface area contributed by atoms with Crippen molar-refractivity contribution in [2.45, 2.75) is 12.1 Å². The molecule has 6 nitrogen and oxygen atoms in total. The first-order valence-corrected chi connectivity index (χ1v) is 4.06. The monoisotopic (exact) mass is 182 g/mol. The largest absolute Gasteiger partial charge is 0.481 e. The van der Waals surface area contributed by atoms with Gasteiger partial charge in [0.2, 0.25) is 8.03 Å².